The van der Waals surface area contributed by atoms with Crippen LogP contribution in [-0.4, -0.2) is 50.3 Å². The SMILES string of the molecule is Cc1nnc(N2C[C@H]3CC[C@@H](C2)[C@H]3Nc2nc(Oc3cccc(Cl)c3)n(CC(F)(F)F)n2)o1. The molecule has 1 aliphatic carbocycles. The molecule has 1 saturated carbocycles. The molecule has 3 atom stereocenters. The molecule has 5 rings (SSSR count). The first-order valence-electron chi connectivity index (χ1n) is 10.5. The Kier molecular flexibility index (Phi) is 5.55. The third-order valence-corrected chi connectivity index (χ3v) is 6.12. The Hall–Kier alpha value is -3.02. The van der Waals surface area contributed by atoms with Crippen molar-refractivity contribution in [1.29, 1.82) is 0 Å². The molecular weight excluding hydrogens is 463 g/mol. The number of alkyl halides is 3. The molecule has 1 aromatic carbocycles. The van der Waals surface area contributed by atoms with Gasteiger partial charge in [-0.3, -0.25) is 0 Å². The largest absolute Gasteiger partial charge is 0.424 e. The molecule has 2 aliphatic rings. The number of aromatic nitrogens is 5. The van der Waals surface area contributed by atoms with Crippen molar-refractivity contribution in [3.63, 3.8) is 0 Å². The number of fused-ring (bicyclic) bond motifs is 2. The van der Waals surface area contributed by atoms with Gasteiger partial charge in [-0.15, -0.1) is 10.2 Å². The third-order valence-electron chi connectivity index (χ3n) is 5.89. The first kappa shape index (κ1) is 21.8. The van der Waals surface area contributed by atoms with E-state index in [9.17, 15) is 13.2 Å². The van der Waals surface area contributed by atoms with Gasteiger partial charge < -0.3 is 19.4 Å². The molecule has 1 aliphatic heterocycles. The fraction of sp³-hybridized carbons (Fsp3) is 0.500. The molecule has 33 heavy (non-hydrogen) atoms. The van der Waals surface area contributed by atoms with Crippen LogP contribution in [0.25, 0.3) is 0 Å². The van der Waals surface area contributed by atoms with Crippen molar-refractivity contribution in [1.82, 2.24) is 25.0 Å². The molecule has 3 aromatic rings. The number of piperidine rings is 1. The molecule has 0 radical (unpaired) electrons. The maximum absolute atomic E-state index is 13.1. The van der Waals surface area contributed by atoms with E-state index in [1.54, 1.807) is 25.1 Å². The smallest absolute Gasteiger partial charge is 0.408 e. The number of halogens is 4. The van der Waals surface area contributed by atoms with Crippen LogP contribution in [0.5, 0.6) is 11.8 Å². The van der Waals surface area contributed by atoms with Crippen molar-refractivity contribution >= 4 is 23.6 Å². The summed E-state index contributed by atoms with van der Waals surface area (Å²) in [6.07, 6.45) is -2.54. The van der Waals surface area contributed by atoms with Crippen LogP contribution in [0.1, 0.15) is 18.7 Å². The molecule has 1 saturated heterocycles. The van der Waals surface area contributed by atoms with E-state index >= 15 is 0 Å². The van der Waals surface area contributed by atoms with Crippen LogP contribution in [0.2, 0.25) is 5.02 Å². The van der Waals surface area contributed by atoms with Crippen molar-refractivity contribution in [3.8, 4) is 11.8 Å². The summed E-state index contributed by atoms with van der Waals surface area (Å²) in [4.78, 5) is 6.27. The number of aryl methyl sites for hydroxylation is 1. The number of hydrogen-bond donors (Lipinski definition) is 1. The molecule has 2 fully saturated rings. The average Bonchev–Trinajstić information content (AvgIpc) is 3.37. The quantitative estimate of drug-likeness (QED) is 0.554. The Morgan fingerprint density at radius 3 is 2.61 bits per heavy atom. The summed E-state index contributed by atoms with van der Waals surface area (Å²) in [7, 11) is 0. The van der Waals surface area contributed by atoms with Crippen molar-refractivity contribution in [2.75, 3.05) is 23.3 Å². The second-order valence-corrected chi connectivity index (χ2v) is 8.76. The van der Waals surface area contributed by atoms with E-state index in [1.807, 2.05) is 0 Å². The van der Waals surface area contributed by atoms with Crippen LogP contribution in [0, 0.1) is 18.8 Å². The zero-order valence-electron chi connectivity index (χ0n) is 17.6. The first-order chi connectivity index (χ1) is 15.7. The predicted octanol–water partition coefficient (Wildman–Crippen LogP) is 4.30. The molecule has 176 valence electrons. The lowest BCUT2D eigenvalue weighted by molar-refractivity contribution is -0.143. The molecule has 0 amide bonds. The Morgan fingerprint density at radius 2 is 1.97 bits per heavy atom. The van der Waals surface area contributed by atoms with E-state index in [2.05, 4.69) is 30.5 Å². The summed E-state index contributed by atoms with van der Waals surface area (Å²) < 4.78 is 51.2. The highest BCUT2D eigenvalue weighted by Gasteiger charge is 2.44. The van der Waals surface area contributed by atoms with Crippen molar-refractivity contribution in [3.05, 3.63) is 35.2 Å². The highest BCUT2D eigenvalue weighted by atomic mass is 35.5. The predicted molar refractivity (Wildman–Crippen MR) is 112 cm³/mol. The fourth-order valence-electron chi connectivity index (χ4n) is 4.55. The first-order valence-corrected chi connectivity index (χ1v) is 10.9. The molecule has 9 nitrogen and oxygen atoms in total. The molecule has 3 heterocycles. The van der Waals surface area contributed by atoms with E-state index in [1.165, 1.54) is 6.07 Å². The lowest BCUT2D eigenvalue weighted by Gasteiger charge is -2.37. The second kappa shape index (κ2) is 8.40. The van der Waals surface area contributed by atoms with Gasteiger partial charge in [0, 0.05) is 31.1 Å². The maximum atomic E-state index is 13.1. The summed E-state index contributed by atoms with van der Waals surface area (Å²) in [5.74, 6) is 1.35. The highest BCUT2D eigenvalue weighted by Crippen LogP contribution is 2.40. The molecule has 2 bridgehead atoms. The van der Waals surface area contributed by atoms with E-state index in [0.717, 1.165) is 12.8 Å². The van der Waals surface area contributed by atoms with E-state index in [0.29, 0.717) is 34.7 Å². The summed E-state index contributed by atoms with van der Waals surface area (Å²) in [5.41, 5.74) is 0. The summed E-state index contributed by atoms with van der Waals surface area (Å²) in [6, 6.07) is 6.61. The van der Waals surface area contributed by atoms with Crippen LogP contribution >= 0.6 is 11.6 Å². The van der Waals surface area contributed by atoms with E-state index in [4.69, 9.17) is 20.8 Å². The zero-order valence-corrected chi connectivity index (χ0v) is 18.3. The summed E-state index contributed by atoms with van der Waals surface area (Å²) >= 11 is 5.95. The second-order valence-electron chi connectivity index (χ2n) is 8.33. The minimum absolute atomic E-state index is 0.0195. The minimum atomic E-state index is -4.48. The van der Waals surface area contributed by atoms with Gasteiger partial charge in [-0.1, -0.05) is 22.8 Å². The molecule has 0 spiro atoms. The van der Waals surface area contributed by atoms with Gasteiger partial charge in [0.05, 0.1) is 0 Å². The number of hydrogen-bond acceptors (Lipinski definition) is 8. The summed E-state index contributed by atoms with van der Waals surface area (Å²) in [5, 5.41) is 15.7. The van der Waals surface area contributed by atoms with Gasteiger partial charge in [0.1, 0.15) is 12.3 Å². The Labute approximate surface area is 191 Å². The molecule has 1 N–H and O–H groups in total. The number of nitrogens with zero attached hydrogens (tertiary/aromatic N) is 6. The van der Waals surface area contributed by atoms with E-state index in [-0.39, 0.29) is 35.6 Å². The van der Waals surface area contributed by atoms with Gasteiger partial charge in [-0.2, -0.15) is 18.2 Å². The molecule has 0 unspecified atom stereocenters. The Bertz CT molecular complexity index is 1120. The average molecular weight is 484 g/mol. The molecule has 2 aromatic heterocycles. The van der Waals surface area contributed by atoms with Gasteiger partial charge in [0.25, 0.3) is 0 Å². The van der Waals surface area contributed by atoms with Crippen LogP contribution in [0.15, 0.2) is 28.7 Å². The van der Waals surface area contributed by atoms with Crippen molar-refractivity contribution < 1.29 is 22.3 Å². The van der Waals surface area contributed by atoms with Crippen LogP contribution in [0.4, 0.5) is 25.1 Å². The lowest BCUT2D eigenvalue weighted by atomic mass is 9.92. The molecular formula is C20H21ClF3N7O2. The maximum Gasteiger partial charge on any atom is 0.408 e. The zero-order chi connectivity index (χ0) is 23.2. The van der Waals surface area contributed by atoms with Gasteiger partial charge in [-0.05, 0) is 42.9 Å². The Balaban J connectivity index is 1.34. The van der Waals surface area contributed by atoms with Crippen molar-refractivity contribution in [2.24, 2.45) is 11.8 Å². The van der Waals surface area contributed by atoms with Gasteiger partial charge >= 0.3 is 18.2 Å². The number of anilines is 2. The Morgan fingerprint density at radius 1 is 1.21 bits per heavy atom. The van der Waals surface area contributed by atoms with Crippen LogP contribution in [0.3, 0.4) is 0 Å². The number of benzene rings is 1. The third kappa shape index (κ3) is 4.85. The monoisotopic (exact) mass is 483 g/mol. The van der Waals surface area contributed by atoms with Gasteiger partial charge in [-0.25, -0.2) is 4.68 Å². The minimum Gasteiger partial charge on any atom is -0.424 e. The van der Waals surface area contributed by atoms with Gasteiger partial charge in [0.2, 0.25) is 11.8 Å². The number of rotatable bonds is 6. The fourth-order valence-corrected chi connectivity index (χ4v) is 4.73. The number of ether oxygens (including phenoxy) is 1. The number of nitrogens with one attached hydrogen (secondary N) is 1. The standard InChI is InChI=1S/C20H21ClF3N7O2/c1-11-27-28-19(32-11)30-8-12-5-6-13(9-30)16(12)25-17-26-18(31(29-17)10-20(22,23)24)33-15-4-2-3-14(21)7-15/h2-4,7,12-13,16H,5-6,8-10H2,1H3,(H,25,29)/t12-,13+,16+. The summed E-state index contributed by atoms with van der Waals surface area (Å²) in [6.45, 7) is 1.82. The van der Waals surface area contributed by atoms with Crippen LogP contribution < -0.4 is 15.0 Å². The topological polar surface area (TPSA) is 94.1 Å². The van der Waals surface area contributed by atoms with Gasteiger partial charge in [0.15, 0.2) is 0 Å². The van der Waals surface area contributed by atoms with E-state index < -0.39 is 12.7 Å². The highest BCUT2D eigenvalue weighted by molar-refractivity contribution is 6.30. The molecule has 13 heteroatoms. The van der Waals surface area contributed by atoms with Crippen LogP contribution in [-0.2, 0) is 6.54 Å². The normalized spacial score (nSPS) is 22.6. The van der Waals surface area contributed by atoms with Crippen molar-refractivity contribution in [2.45, 2.75) is 38.5 Å². The lowest BCUT2D eigenvalue weighted by Crippen LogP contribution is -2.48.